The van der Waals surface area contributed by atoms with Gasteiger partial charge in [-0.3, -0.25) is 4.72 Å². The molecule has 12 heteroatoms. The Bertz CT molecular complexity index is 1230. The lowest BCUT2D eigenvalue weighted by Gasteiger charge is -2.45. The van der Waals surface area contributed by atoms with Crippen molar-refractivity contribution in [1.82, 2.24) is 9.88 Å². The van der Waals surface area contributed by atoms with Gasteiger partial charge in [0.25, 0.3) is 10.0 Å². The van der Waals surface area contributed by atoms with Crippen molar-refractivity contribution in [2.45, 2.75) is 10.9 Å². The van der Waals surface area contributed by atoms with E-state index in [4.69, 9.17) is 11.6 Å². The number of hydrogen-bond acceptors (Lipinski definition) is 7. The van der Waals surface area contributed by atoms with Gasteiger partial charge in [-0.2, -0.15) is 0 Å². The summed E-state index contributed by atoms with van der Waals surface area (Å²) >= 11 is 7.48. The highest BCUT2D eigenvalue weighted by Gasteiger charge is 2.30. The highest BCUT2D eigenvalue weighted by atomic mass is 35.5. The molecule has 0 aliphatic carbocycles. The molecule has 0 saturated carbocycles. The van der Waals surface area contributed by atoms with E-state index in [1.807, 2.05) is 19.0 Å². The summed E-state index contributed by atoms with van der Waals surface area (Å²) in [5, 5.41) is 4.49. The van der Waals surface area contributed by atoms with Crippen LogP contribution in [0.3, 0.4) is 0 Å². The Hall–Kier alpha value is -2.47. The van der Waals surface area contributed by atoms with Crippen LogP contribution in [-0.4, -0.2) is 51.5 Å². The Balaban J connectivity index is 1.60. The van der Waals surface area contributed by atoms with Gasteiger partial charge in [0.05, 0.1) is 27.6 Å². The van der Waals surface area contributed by atoms with Gasteiger partial charge in [-0.25, -0.2) is 22.2 Å². The first kappa shape index (κ1) is 22.7. The largest absolute Gasteiger partial charge is 0.366 e. The predicted octanol–water partition coefficient (Wildman–Crippen LogP) is 4.37. The molecule has 0 amide bonds. The van der Waals surface area contributed by atoms with Gasteiger partial charge >= 0.3 is 0 Å². The maximum atomic E-state index is 14.8. The number of hydrogen-bond donors (Lipinski definition) is 2. The molecule has 7 nitrogen and oxygen atoms in total. The van der Waals surface area contributed by atoms with Crippen LogP contribution >= 0.6 is 22.9 Å². The molecule has 0 unspecified atom stereocenters. The highest BCUT2D eigenvalue weighted by molar-refractivity contribution is 7.92. The Morgan fingerprint density at radius 2 is 1.94 bits per heavy atom. The van der Waals surface area contributed by atoms with Gasteiger partial charge in [-0.05, 0) is 38.4 Å². The van der Waals surface area contributed by atoms with Crippen molar-refractivity contribution in [2.75, 3.05) is 42.1 Å². The predicted molar refractivity (Wildman–Crippen MR) is 124 cm³/mol. The molecular weight excluding hydrogens is 480 g/mol. The highest BCUT2D eigenvalue weighted by Crippen LogP contribution is 2.36. The number of halogens is 3. The zero-order chi connectivity index (χ0) is 23.0. The third-order valence-electron chi connectivity index (χ3n) is 5.14. The van der Waals surface area contributed by atoms with E-state index < -0.39 is 26.6 Å². The van der Waals surface area contributed by atoms with E-state index in [2.05, 4.69) is 19.9 Å². The molecule has 0 radical (unpaired) electrons. The summed E-state index contributed by atoms with van der Waals surface area (Å²) < 4.78 is 56.0. The molecule has 0 bridgehead atoms. The van der Waals surface area contributed by atoms with Crippen molar-refractivity contribution < 1.29 is 17.2 Å². The second-order valence-corrected chi connectivity index (χ2v) is 10.3. The summed E-state index contributed by atoms with van der Waals surface area (Å²) in [5.74, 6) is -1.29. The summed E-state index contributed by atoms with van der Waals surface area (Å²) in [5.41, 5.74) is 2.75. The lowest BCUT2D eigenvalue weighted by atomic mass is 10.1. The zero-order valence-corrected chi connectivity index (χ0v) is 19.5. The Kier molecular flexibility index (Phi) is 6.26. The van der Waals surface area contributed by atoms with Crippen molar-refractivity contribution in [2.24, 2.45) is 0 Å². The van der Waals surface area contributed by atoms with Gasteiger partial charge in [0.15, 0.2) is 5.82 Å². The van der Waals surface area contributed by atoms with E-state index in [9.17, 15) is 17.2 Å². The van der Waals surface area contributed by atoms with Crippen molar-refractivity contribution in [3.05, 3.63) is 57.9 Å². The molecule has 3 aromatic rings. The van der Waals surface area contributed by atoms with Crippen LogP contribution in [0.4, 0.5) is 31.7 Å². The van der Waals surface area contributed by atoms with E-state index in [0.29, 0.717) is 30.5 Å². The maximum Gasteiger partial charge on any atom is 0.266 e. The van der Waals surface area contributed by atoms with Crippen LogP contribution < -0.4 is 14.9 Å². The molecule has 1 aromatic heterocycles. The number of rotatable bonds is 7. The van der Waals surface area contributed by atoms with Gasteiger partial charge in [-0.1, -0.05) is 11.6 Å². The topological polar surface area (TPSA) is 77.6 Å². The molecule has 1 saturated heterocycles. The fourth-order valence-corrected chi connectivity index (χ4v) is 5.20. The number of nitrogens with one attached hydrogen (secondary N) is 2. The second kappa shape index (κ2) is 8.81. The number of aromatic nitrogens is 1. The standard InChI is InChI=1S/C20H20ClF2N5O2S2/c1-27(2)13-8-28(9-13)18-5-12(22)3-4-16(18)25-17-7-15(23)19(6-14(17)21)32(29,30)26-20-10-31-11-24-20/h3-7,10-11,13,25-26H,8-9H2,1-2H3. The fraction of sp³-hybridized carbons (Fsp3) is 0.250. The van der Waals surface area contributed by atoms with Crippen molar-refractivity contribution in [3.63, 3.8) is 0 Å². The molecule has 2 N–H and O–H groups in total. The summed E-state index contributed by atoms with van der Waals surface area (Å²) in [6.45, 7) is 1.43. The first-order chi connectivity index (χ1) is 15.1. The summed E-state index contributed by atoms with van der Waals surface area (Å²) in [4.78, 5) is 7.33. The molecule has 170 valence electrons. The third kappa shape index (κ3) is 4.65. The van der Waals surface area contributed by atoms with Crippen LogP contribution in [0.2, 0.25) is 5.02 Å². The average molecular weight is 500 g/mol. The Morgan fingerprint density at radius 3 is 2.59 bits per heavy atom. The molecule has 2 aromatic carbocycles. The molecule has 4 rings (SSSR count). The summed E-state index contributed by atoms with van der Waals surface area (Å²) in [7, 11) is -0.257. The van der Waals surface area contributed by atoms with Gasteiger partial charge < -0.3 is 15.1 Å². The van der Waals surface area contributed by atoms with Crippen molar-refractivity contribution >= 4 is 55.8 Å². The van der Waals surface area contributed by atoms with E-state index in [1.54, 1.807) is 0 Å². The molecule has 2 heterocycles. The van der Waals surface area contributed by atoms with Crippen molar-refractivity contribution in [1.29, 1.82) is 0 Å². The molecule has 1 fully saturated rings. The van der Waals surface area contributed by atoms with Gasteiger partial charge in [0.2, 0.25) is 0 Å². The van der Waals surface area contributed by atoms with E-state index in [1.165, 1.54) is 40.4 Å². The minimum Gasteiger partial charge on any atom is -0.366 e. The maximum absolute atomic E-state index is 14.8. The smallest absolute Gasteiger partial charge is 0.266 e. The van der Waals surface area contributed by atoms with Crippen LogP contribution in [0, 0.1) is 11.6 Å². The lowest BCUT2D eigenvalue weighted by Crippen LogP contribution is -2.57. The van der Waals surface area contributed by atoms with E-state index >= 15 is 0 Å². The SMILES string of the molecule is CN(C)C1CN(c2cc(F)ccc2Nc2cc(F)c(S(=O)(=O)Nc3cscn3)cc2Cl)C1. The monoisotopic (exact) mass is 499 g/mol. The van der Waals surface area contributed by atoms with Crippen LogP contribution in [0.5, 0.6) is 0 Å². The van der Waals surface area contributed by atoms with E-state index in [-0.39, 0.29) is 16.5 Å². The fourth-order valence-electron chi connectivity index (χ4n) is 3.28. The second-order valence-electron chi connectivity index (χ2n) is 7.55. The van der Waals surface area contributed by atoms with Gasteiger partial charge in [0.1, 0.15) is 16.5 Å². The molecule has 0 atom stereocenters. The number of anilines is 4. The number of nitrogens with zero attached hydrogens (tertiary/aromatic N) is 3. The number of sulfonamides is 1. The Labute approximate surface area is 193 Å². The zero-order valence-electron chi connectivity index (χ0n) is 17.1. The quantitative estimate of drug-likeness (QED) is 0.502. The van der Waals surface area contributed by atoms with Crippen molar-refractivity contribution in [3.8, 4) is 0 Å². The van der Waals surface area contributed by atoms with Crippen LogP contribution in [-0.2, 0) is 10.0 Å². The minimum atomic E-state index is -4.22. The molecular formula is C20H20ClF2N5O2S2. The van der Waals surface area contributed by atoms with E-state index in [0.717, 1.165) is 12.1 Å². The molecule has 1 aliphatic heterocycles. The average Bonchev–Trinajstić information content (AvgIpc) is 3.17. The van der Waals surface area contributed by atoms with Gasteiger partial charge in [-0.15, -0.1) is 11.3 Å². The molecule has 0 spiro atoms. The third-order valence-corrected chi connectivity index (χ3v) is 7.41. The molecule has 1 aliphatic rings. The van der Waals surface area contributed by atoms with Crippen LogP contribution in [0.1, 0.15) is 0 Å². The van der Waals surface area contributed by atoms with Crippen LogP contribution in [0.25, 0.3) is 0 Å². The number of thiazole rings is 1. The normalized spacial score (nSPS) is 14.5. The van der Waals surface area contributed by atoms with Crippen LogP contribution in [0.15, 0.2) is 46.1 Å². The number of likely N-dealkylation sites (N-methyl/N-ethyl adjacent to an activating group) is 1. The Morgan fingerprint density at radius 1 is 1.19 bits per heavy atom. The summed E-state index contributed by atoms with van der Waals surface area (Å²) in [6.07, 6.45) is 0. The molecule has 32 heavy (non-hydrogen) atoms. The lowest BCUT2D eigenvalue weighted by molar-refractivity contribution is 0.247. The first-order valence-electron chi connectivity index (χ1n) is 9.52. The first-order valence-corrected chi connectivity index (χ1v) is 12.3. The number of benzene rings is 2. The summed E-state index contributed by atoms with van der Waals surface area (Å²) in [6, 6.07) is 6.61. The minimum absolute atomic E-state index is 0.00453. The van der Waals surface area contributed by atoms with Gasteiger partial charge in [0, 0.05) is 30.6 Å².